The summed E-state index contributed by atoms with van der Waals surface area (Å²) in [7, 11) is 0. The maximum absolute atomic E-state index is 12.5. The first-order chi connectivity index (χ1) is 9.81. The van der Waals surface area contributed by atoms with Crippen LogP contribution in [0.3, 0.4) is 0 Å². The van der Waals surface area contributed by atoms with Crippen LogP contribution in [0.25, 0.3) is 10.9 Å². The molecule has 0 aliphatic heterocycles. The van der Waals surface area contributed by atoms with Crippen molar-refractivity contribution in [2.45, 2.75) is 12.8 Å². The van der Waals surface area contributed by atoms with Gasteiger partial charge in [-0.15, -0.1) is 0 Å². The Morgan fingerprint density at radius 2 is 2.10 bits per heavy atom. The fourth-order valence-electron chi connectivity index (χ4n) is 3.52. The minimum absolute atomic E-state index is 0.136. The van der Waals surface area contributed by atoms with E-state index in [-0.39, 0.29) is 11.8 Å². The summed E-state index contributed by atoms with van der Waals surface area (Å²) in [5.74, 6) is 1.34. The number of amides is 1. The number of benzene rings is 1. The average molecular weight is 264 g/mol. The van der Waals surface area contributed by atoms with E-state index >= 15 is 0 Å². The summed E-state index contributed by atoms with van der Waals surface area (Å²) in [5, 5.41) is 4.10. The molecule has 20 heavy (non-hydrogen) atoms. The third kappa shape index (κ3) is 1.82. The third-order valence-corrected chi connectivity index (χ3v) is 4.52. The van der Waals surface area contributed by atoms with Crippen LogP contribution in [0.5, 0.6) is 0 Å². The molecule has 2 aliphatic rings. The van der Waals surface area contributed by atoms with Crippen molar-refractivity contribution in [2.75, 3.05) is 5.32 Å². The van der Waals surface area contributed by atoms with Crippen molar-refractivity contribution < 1.29 is 4.79 Å². The average Bonchev–Trinajstić information content (AvgIpc) is 3.10. The number of rotatable bonds is 2. The van der Waals surface area contributed by atoms with E-state index in [4.69, 9.17) is 0 Å². The predicted octanol–water partition coefficient (Wildman–Crippen LogP) is 3.39. The number of pyridine rings is 1. The largest absolute Gasteiger partial charge is 0.325 e. The van der Waals surface area contributed by atoms with Crippen LogP contribution >= 0.6 is 0 Å². The van der Waals surface area contributed by atoms with Crippen molar-refractivity contribution in [1.29, 1.82) is 0 Å². The Hall–Kier alpha value is -2.16. The summed E-state index contributed by atoms with van der Waals surface area (Å²) in [6.45, 7) is 0. The molecule has 3 nitrogen and oxygen atoms in total. The van der Waals surface area contributed by atoms with Crippen LogP contribution in [0.15, 0.2) is 48.7 Å². The first kappa shape index (κ1) is 11.6. The maximum Gasteiger partial charge on any atom is 0.228 e. The number of hydrogen-bond acceptors (Lipinski definition) is 2. The molecule has 100 valence electrons. The van der Waals surface area contributed by atoms with E-state index in [0.717, 1.165) is 29.4 Å². The lowest BCUT2D eigenvalue weighted by Crippen LogP contribution is -2.25. The van der Waals surface area contributed by atoms with Gasteiger partial charge in [-0.1, -0.05) is 18.2 Å². The Kier molecular flexibility index (Phi) is 2.59. The Morgan fingerprint density at radius 1 is 1.15 bits per heavy atom. The number of carbonyl (C=O) groups is 1. The monoisotopic (exact) mass is 264 g/mol. The van der Waals surface area contributed by atoms with Crippen LogP contribution in [0.2, 0.25) is 0 Å². The molecule has 1 amide bonds. The van der Waals surface area contributed by atoms with E-state index in [1.165, 1.54) is 0 Å². The first-order valence-corrected chi connectivity index (χ1v) is 7.14. The van der Waals surface area contributed by atoms with Gasteiger partial charge < -0.3 is 5.32 Å². The fraction of sp³-hybridized carbons (Fsp3) is 0.294. The molecule has 1 fully saturated rings. The molecule has 0 radical (unpaired) electrons. The lowest BCUT2D eigenvalue weighted by Gasteiger charge is -2.18. The molecule has 2 bridgehead atoms. The third-order valence-electron chi connectivity index (χ3n) is 4.52. The van der Waals surface area contributed by atoms with Gasteiger partial charge in [0, 0.05) is 17.5 Å². The lowest BCUT2D eigenvalue weighted by molar-refractivity contribution is -0.120. The summed E-state index contributed by atoms with van der Waals surface area (Å²) < 4.78 is 0. The van der Waals surface area contributed by atoms with E-state index in [9.17, 15) is 4.79 Å². The molecule has 4 rings (SSSR count). The highest BCUT2D eigenvalue weighted by atomic mass is 16.1. The molecule has 2 aromatic rings. The molecule has 1 N–H and O–H groups in total. The van der Waals surface area contributed by atoms with Crippen molar-refractivity contribution in [2.24, 2.45) is 17.8 Å². The first-order valence-electron chi connectivity index (χ1n) is 7.14. The normalized spacial score (nSPS) is 27.1. The van der Waals surface area contributed by atoms with Gasteiger partial charge in [0.2, 0.25) is 5.91 Å². The number of anilines is 1. The zero-order valence-corrected chi connectivity index (χ0v) is 11.1. The molecule has 3 heteroatoms. The van der Waals surface area contributed by atoms with Gasteiger partial charge in [0.05, 0.1) is 11.2 Å². The Morgan fingerprint density at radius 3 is 2.90 bits per heavy atom. The summed E-state index contributed by atoms with van der Waals surface area (Å²) in [6.07, 6.45) is 8.39. The molecule has 3 unspecified atom stereocenters. The second-order valence-corrected chi connectivity index (χ2v) is 5.75. The highest BCUT2D eigenvalue weighted by Gasteiger charge is 2.39. The molecule has 1 heterocycles. The van der Waals surface area contributed by atoms with Crippen LogP contribution in [0, 0.1) is 17.8 Å². The van der Waals surface area contributed by atoms with Crippen molar-refractivity contribution in [1.82, 2.24) is 4.98 Å². The SMILES string of the molecule is O=C(Nc1cccc2ncccc12)C1CC2C=CC1C2. The number of aromatic nitrogens is 1. The topological polar surface area (TPSA) is 42.0 Å². The van der Waals surface area contributed by atoms with Crippen LogP contribution in [0.1, 0.15) is 12.8 Å². The minimum Gasteiger partial charge on any atom is -0.325 e. The molecule has 1 aromatic heterocycles. The van der Waals surface area contributed by atoms with Crippen LogP contribution in [-0.4, -0.2) is 10.9 Å². The minimum atomic E-state index is 0.136. The molecule has 0 spiro atoms. The van der Waals surface area contributed by atoms with Crippen molar-refractivity contribution in [3.63, 3.8) is 0 Å². The van der Waals surface area contributed by atoms with Crippen LogP contribution < -0.4 is 5.32 Å². The molecule has 2 aliphatic carbocycles. The summed E-state index contributed by atoms with van der Waals surface area (Å²) >= 11 is 0. The number of carbonyl (C=O) groups excluding carboxylic acids is 1. The van der Waals surface area contributed by atoms with Gasteiger partial charge in [-0.05, 0) is 48.9 Å². The lowest BCUT2D eigenvalue weighted by atomic mass is 9.92. The smallest absolute Gasteiger partial charge is 0.228 e. The van der Waals surface area contributed by atoms with Crippen molar-refractivity contribution in [3.05, 3.63) is 48.7 Å². The van der Waals surface area contributed by atoms with E-state index in [1.54, 1.807) is 6.20 Å². The van der Waals surface area contributed by atoms with Crippen LogP contribution in [0.4, 0.5) is 5.69 Å². The Labute approximate surface area is 117 Å². The van der Waals surface area contributed by atoms with Gasteiger partial charge >= 0.3 is 0 Å². The standard InChI is InChI=1S/C17H16N2O/c20-17(14-10-11-6-7-12(14)9-11)19-16-5-1-4-15-13(16)3-2-8-18-15/h1-8,11-12,14H,9-10H2,(H,19,20). The molecule has 1 saturated carbocycles. The number of nitrogens with zero attached hydrogens (tertiary/aromatic N) is 1. The van der Waals surface area contributed by atoms with Gasteiger partial charge in [-0.2, -0.15) is 0 Å². The zero-order chi connectivity index (χ0) is 13.5. The predicted molar refractivity (Wildman–Crippen MR) is 79.2 cm³/mol. The van der Waals surface area contributed by atoms with Gasteiger partial charge in [-0.3, -0.25) is 9.78 Å². The molecule has 1 aromatic carbocycles. The maximum atomic E-state index is 12.5. The second kappa shape index (κ2) is 4.44. The summed E-state index contributed by atoms with van der Waals surface area (Å²) in [4.78, 5) is 16.8. The molecule has 0 saturated heterocycles. The van der Waals surface area contributed by atoms with E-state index in [1.807, 2.05) is 30.3 Å². The number of fused-ring (bicyclic) bond motifs is 3. The summed E-state index contributed by atoms with van der Waals surface area (Å²) in [5.41, 5.74) is 1.78. The number of allylic oxidation sites excluding steroid dienone is 2. The van der Waals surface area contributed by atoms with Gasteiger partial charge in [0.1, 0.15) is 0 Å². The van der Waals surface area contributed by atoms with E-state index < -0.39 is 0 Å². The van der Waals surface area contributed by atoms with Gasteiger partial charge in [0.25, 0.3) is 0 Å². The highest BCUT2D eigenvalue weighted by Crippen LogP contribution is 2.43. The second-order valence-electron chi connectivity index (χ2n) is 5.75. The van der Waals surface area contributed by atoms with Crippen molar-refractivity contribution in [3.8, 4) is 0 Å². The number of hydrogen-bond donors (Lipinski definition) is 1. The van der Waals surface area contributed by atoms with Crippen LogP contribution in [-0.2, 0) is 4.79 Å². The Bertz CT molecular complexity index is 702. The molecular formula is C17H16N2O. The van der Waals surface area contributed by atoms with E-state index in [0.29, 0.717) is 11.8 Å². The Balaban J connectivity index is 1.62. The number of nitrogens with one attached hydrogen (secondary N) is 1. The van der Waals surface area contributed by atoms with Gasteiger partial charge in [0.15, 0.2) is 0 Å². The fourth-order valence-corrected chi connectivity index (χ4v) is 3.52. The molecule has 3 atom stereocenters. The zero-order valence-electron chi connectivity index (χ0n) is 11.1. The summed E-state index contributed by atoms with van der Waals surface area (Å²) in [6, 6.07) is 9.75. The van der Waals surface area contributed by atoms with E-state index in [2.05, 4.69) is 22.5 Å². The van der Waals surface area contributed by atoms with Gasteiger partial charge in [-0.25, -0.2) is 0 Å². The highest BCUT2D eigenvalue weighted by molar-refractivity contribution is 6.02. The quantitative estimate of drug-likeness (QED) is 0.845. The molecular weight excluding hydrogens is 248 g/mol. The van der Waals surface area contributed by atoms with Crippen molar-refractivity contribution >= 4 is 22.5 Å².